The predicted octanol–water partition coefficient (Wildman–Crippen LogP) is 4.44. The minimum atomic E-state index is -0.527. The Morgan fingerprint density at radius 2 is 1.89 bits per heavy atom. The van der Waals surface area contributed by atoms with Crippen LogP contribution in [0.2, 0.25) is 0 Å². The molecule has 1 aromatic carbocycles. The Kier molecular flexibility index (Phi) is 5.27. The first-order valence-corrected chi connectivity index (χ1v) is 6.46. The lowest BCUT2D eigenvalue weighted by molar-refractivity contribution is 0.345. The molecule has 1 N–H and O–H groups in total. The fourth-order valence-corrected chi connectivity index (χ4v) is 2.08. The van der Waals surface area contributed by atoms with Crippen molar-refractivity contribution >= 4 is 0 Å². The van der Waals surface area contributed by atoms with Crippen molar-refractivity contribution in [1.82, 2.24) is 5.32 Å². The van der Waals surface area contributed by atoms with E-state index < -0.39 is 11.6 Å². The number of benzene rings is 1. The average Bonchev–Trinajstić information content (AvgIpc) is 2.24. The van der Waals surface area contributed by atoms with Gasteiger partial charge < -0.3 is 5.32 Å². The quantitative estimate of drug-likeness (QED) is 0.820. The maximum Gasteiger partial charge on any atom is 0.130 e. The highest BCUT2D eigenvalue weighted by Gasteiger charge is 2.16. The Bertz CT molecular complexity index is 383. The Labute approximate surface area is 109 Å². The number of nitrogens with one attached hydrogen (secondary N) is 1. The molecule has 0 aliphatic heterocycles. The van der Waals surface area contributed by atoms with Crippen molar-refractivity contribution in [2.24, 2.45) is 5.41 Å². The average molecular weight is 255 g/mol. The van der Waals surface area contributed by atoms with E-state index in [2.05, 4.69) is 26.1 Å². The van der Waals surface area contributed by atoms with Gasteiger partial charge in [0.25, 0.3) is 0 Å². The predicted molar refractivity (Wildman–Crippen MR) is 71.5 cm³/mol. The first-order chi connectivity index (χ1) is 8.33. The van der Waals surface area contributed by atoms with Gasteiger partial charge >= 0.3 is 0 Å². The van der Waals surface area contributed by atoms with Crippen LogP contribution in [0.25, 0.3) is 0 Å². The Morgan fingerprint density at radius 3 is 2.39 bits per heavy atom. The third-order valence-corrected chi connectivity index (χ3v) is 3.11. The Balaban J connectivity index is 2.66. The van der Waals surface area contributed by atoms with E-state index in [1.165, 1.54) is 12.1 Å². The highest BCUT2D eigenvalue weighted by molar-refractivity contribution is 5.22. The summed E-state index contributed by atoms with van der Waals surface area (Å²) in [5, 5.41) is 3.10. The van der Waals surface area contributed by atoms with Gasteiger partial charge in [0.15, 0.2) is 0 Å². The van der Waals surface area contributed by atoms with Gasteiger partial charge in [-0.3, -0.25) is 0 Å². The van der Waals surface area contributed by atoms with Gasteiger partial charge in [-0.25, -0.2) is 8.78 Å². The van der Waals surface area contributed by atoms with Crippen LogP contribution in [0, 0.1) is 17.0 Å². The zero-order chi connectivity index (χ0) is 13.8. The molecule has 1 nitrogen and oxygen atoms in total. The summed E-state index contributed by atoms with van der Waals surface area (Å²) in [7, 11) is 1.81. The van der Waals surface area contributed by atoms with Crippen LogP contribution in [0.15, 0.2) is 18.2 Å². The maximum atomic E-state index is 13.7. The van der Waals surface area contributed by atoms with Crippen LogP contribution >= 0.6 is 0 Å². The lowest BCUT2D eigenvalue weighted by Gasteiger charge is -2.21. The van der Waals surface area contributed by atoms with E-state index in [1.54, 1.807) is 0 Å². The molecule has 0 fully saturated rings. The molecule has 0 aliphatic carbocycles. The summed E-state index contributed by atoms with van der Waals surface area (Å²) in [6, 6.07) is 3.74. The molecule has 0 radical (unpaired) electrons. The summed E-state index contributed by atoms with van der Waals surface area (Å²) in [5.41, 5.74) is 0.840. The normalized spacial score (nSPS) is 13.7. The Morgan fingerprint density at radius 1 is 1.22 bits per heavy atom. The fraction of sp³-hybridized carbons (Fsp3) is 0.600. The second-order valence-electron chi connectivity index (χ2n) is 5.96. The zero-order valence-electron chi connectivity index (χ0n) is 11.7. The highest BCUT2D eigenvalue weighted by atomic mass is 19.1. The van der Waals surface area contributed by atoms with E-state index >= 15 is 0 Å². The second kappa shape index (κ2) is 6.28. The number of hydrogen-bond donors (Lipinski definition) is 1. The standard InChI is InChI=1S/C15H23F2N/c1-15(2,3)9-5-6-14(18-4)12-8-7-11(16)10-13(12)17/h7-8,10,14,18H,5-6,9H2,1-4H3. The summed E-state index contributed by atoms with van der Waals surface area (Å²) < 4.78 is 26.5. The molecule has 1 unspecified atom stereocenters. The van der Waals surface area contributed by atoms with Gasteiger partial charge in [0.1, 0.15) is 11.6 Å². The van der Waals surface area contributed by atoms with Gasteiger partial charge in [0, 0.05) is 17.7 Å². The van der Waals surface area contributed by atoms with Gasteiger partial charge in [-0.15, -0.1) is 0 Å². The smallest absolute Gasteiger partial charge is 0.130 e. The van der Waals surface area contributed by atoms with Crippen LogP contribution in [-0.4, -0.2) is 7.05 Å². The maximum absolute atomic E-state index is 13.7. The van der Waals surface area contributed by atoms with Crippen molar-refractivity contribution in [3.05, 3.63) is 35.4 Å². The van der Waals surface area contributed by atoms with E-state index in [0.717, 1.165) is 25.3 Å². The van der Waals surface area contributed by atoms with Gasteiger partial charge in [-0.2, -0.15) is 0 Å². The van der Waals surface area contributed by atoms with Crippen molar-refractivity contribution < 1.29 is 8.78 Å². The first-order valence-electron chi connectivity index (χ1n) is 6.46. The molecular formula is C15H23F2N. The molecule has 1 atom stereocenters. The van der Waals surface area contributed by atoms with Crippen molar-refractivity contribution in [1.29, 1.82) is 0 Å². The molecule has 0 saturated carbocycles. The topological polar surface area (TPSA) is 12.0 Å². The Hall–Kier alpha value is -0.960. The largest absolute Gasteiger partial charge is 0.313 e. The number of rotatable bonds is 5. The molecule has 0 heterocycles. The van der Waals surface area contributed by atoms with Crippen LogP contribution in [-0.2, 0) is 0 Å². The molecule has 18 heavy (non-hydrogen) atoms. The van der Waals surface area contributed by atoms with Crippen molar-refractivity contribution in [3.63, 3.8) is 0 Å². The second-order valence-corrected chi connectivity index (χ2v) is 5.96. The fourth-order valence-electron chi connectivity index (χ4n) is 2.08. The van der Waals surface area contributed by atoms with Crippen molar-refractivity contribution in [2.75, 3.05) is 7.05 Å². The molecule has 102 valence electrons. The molecule has 0 spiro atoms. The van der Waals surface area contributed by atoms with Gasteiger partial charge in [-0.1, -0.05) is 33.3 Å². The molecule has 0 aliphatic rings. The molecule has 0 amide bonds. The number of halogens is 2. The van der Waals surface area contributed by atoms with Gasteiger partial charge in [-0.05, 0) is 31.4 Å². The van der Waals surface area contributed by atoms with E-state index in [9.17, 15) is 8.78 Å². The van der Waals surface area contributed by atoms with Crippen LogP contribution in [0.3, 0.4) is 0 Å². The third-order valence-electron chi connectivity index (χ3n) is 3.11. The van der Waals surface area contributed by atoms with Crippen molar-refractivity contribution in [3.8, 4) is 0 Å². The zero-order valence-corrected chi connectivity index (χ0v) is 11.7. The van der Waals surface area contributed by atoms with Crippen LogP contribution in [0.5, 0.6) is 0 Å². The van der Waals surface area contributed by atoms with E-state index in [0.29, 0.717) is 11.0 Å². The van der Waals surface area contributed by atoms with Gasteiger partial charge in [0.2, 0.25) is 0 Å². The van der Waals surface area contributed by atoms with E-state index in [4.69, 9.17) is 0 Å². The van der Waals surface area contributed by atoms with Crippen LogP contribution < -0.4 is 5.32 Å². The first kappa shape index (κ1) is 15.1. The molecule has 1 rings (SSSR count). The third kappa shape index (κ3) is 4.73. The van der Waals surface area contributed by atoms with Crippen LogP contribution in [0.4, 0.5) is 8.78 Å². The minimum absolute atomic E-state index is 0.0482. The minimum Gasteiger partial charge on any atom is -0.313 e. The molecule has 0 bridgehead atoms. The van der Waals surface area contributed by atoms with Gasteiger partial charge in [0.05, 0.1) is 0 Å². The molecule has 3 heteroatoms. The summed E-state index contributed by atoms with van der Waals surface area (Å²) >= 11 is 0. The molecule has 0 aromatic heterocycles. The summed E-state index contributed by atoms with van der Waals surface area (Å²) in [5.74, 6) is -0.995. The SMILES string of the molecule is CNC(CCCC(C)(C)C)c1ccc(F)cc1F. The van der Waals surface area contributed by atoms with E-state index in [-0.39, 0.29) is 6.04 Å². The summed E-state index contributed by atoms with van der Waals surface area (Å²) in [4.78, 5) is 0. The van der Waals surface area contributed by atoms with Crippen molar-refractivity contribution in [2.45, 2.75) is 46.1 Å². The molecule has 0 saturated heterocycles. The lowest BCUT2D eigenvalue weighted by atomic mass is 9.88. The molecular weight excluding hydrogens is 232 g/mol. The highest BCUT2D eigenvalue weighted by Crippen LogP contribution is 2.27. The van der Waals surface area contributed by atoms with E-state index in [1.807, 2.05) is 7.05 Å². The van der Waals surface area contributed by atoms with Crippen LogP contribution in [0.1, 0.15) is 51.6 Å². The lowest BCUT2D eigenvalue weighted by Crippen LogP contribution is -2.18. The summed E-state index contributed by atoms with van der Waals surface area (Å²) in [6.07, 6.45) is 2.97. The molecule has 1 aromatic rings. The number of hydrogen-bond acceptors (Lipinski definition) is 1. The monoisotopic (exact) mass is 255 g/mol. The summed E-state index contributed by atoms with van der Waals surface area (Å²) in [6.45, 7) is 6.58.